The highest BCUT2D eigenvalue weighted by atomic mass is 35.5. The first-order valence-electron chi connectivity index (χ1n) is 9.70. The van der Waals surface area contributed by atoms with Crippen molar-refractivity contribution in [2.24, 2.45) is 0 Å². The van der Waals surface area contributed by atoms with Gasteiger partial charge in [0.25, 0.3) is 5.91 Å². The Morgan fingerprint density at radius 3 is 2.45 bits per heavy atom. The zero-order chi connectivity index (χ0) is 20.8. The molecule has 2 aromatic rings. The van der Waals surface area contributed by atoms with Gasteiger partial charge in [0.15, 0.2) is 0 Å². The number of benzene rings is 2. The number of hydrogen-bond acceptors (Lipinski definition) is 3. The van der Waals surface area contributed by atoms with Gasteiger partial charge in [-0.1, -0.05) is 23.7 Å². The molecule has 1 aliphatic carbocycles. The molecule has 0 bridgehead atoms. The van der Waals surface area contributed by atoms with E-state index in [-0.39, 0.29) is 23.3 Å². The van der Waals surface area contributed by atoms with E-state index in [1.165, 1.54) is 6.07 Å². The lowest BCUT2D eigenvalue weighted by Gasteiger charge is -2.36. The van der Waals surface area contributed by atoms with Gasteiger partial charge in [-0.25, -0.2) is 4.39 Å². The van der Waals surface area contributed by atoms with Gasteiger partial charge in [0.05, 0.1) is 17.2 Å². The van der Waals surface area contributed by atoms with Gasteiger partial charge in [-0.3, -0.25) is 4.79 Å². The average molecular weight is 416 g/mol. The lowest BCUT2D eigenvalue weighted by atomic mass is 9.79. The molecule has 1 fully saturated rings. The molecule has 1 spiro atoms. The maximum atomic E-state index is 14.8. The fourth-order valence-electron chi connectivity index (χ4n) is 4.36. The summed E-state index contributed by atoms with van der Waals surface area (Å²) in [4.78, 5) is 12.9. The zero-order valence-corrected chi connectivity index (χ0v) is 17.1. The van der Waals surface area contributed by atoms with Crippen LogP contribution in [0.2, 0.25) is 5.02 Å². The van der Waals surface area contributed by atoms with E-state index in [4.69, 9.17) is 16.3 Å². The number of methoxy groups -OCH3 is 1. The van der Waals surface area contributed by atoms with Crippen LogP contribution < -0.4 is 5.32 Å². The van der Waals surface area contributed by atoms with E-state index in [0.717, 1.165) is 18.4 Å². The van der Waals surface area contributed by atoms with E-state index in [2.05, 4.69) is 5.32 Å². The summed E-state index contributed by atoms with van der Waals surface area (Å²) in [5.41, 5.74) is 1.52. The number of amides is 1. The molecule has 1 amide bonds. The maximum absolute atomic E-state index is 14.8. The van der Waals surface area contributed by atoms with Gasteiger partial charge < -0.3 is 15.2 Å². The molecule has 2 aliphatic rings. The Labute approximate surface area is 174 Å². The number of halogens is 2. The molecule has 0 atom stereocenters. The topological polar surface area (TPSA) is 58.6 Å². The molecule has 0 unspecified atom stereocenters. The van der Waals surface area contributed by atoms with Crippen LogP contribution in [0.3, 0.4) is 0 Å². The van der Waals surface area contributed by atoms with Crippen LogP contribution in [0.5, 0.6) is 0 Å². The lowest BCUT2D eigenvalue weighted by Crippen LogP contribution is -2.48. The predicted octanol–water partition coefficient (Wildman–Crippen LogP) is 5.18. The summed E-state index contributed by atoms with van der Waals surface area (Å²) in [7, 11) is 1.67. The Morgan fingerprint density at radius 1 is 1.17 bits per heavy atom. The molecular weight excluding hydrogens is 393 g/mol. The molecule has 0 radical (unpaired) electrons. The molecule has 0 saturated heterocycles. The van der Waals surface area contributed by atoms with Gasteiger partial charge >= 0.3 is 0 Å². The van der Waals surface area contributed by atoms with E-state index in [1.807, 2.05) is 0 Å². The van der Waals surface area contributed by atoms with Crippen LogP contribution in [0.1, 0.15) is 36.8 Å². The fraction of sp³-hybridized carbons (Fsp3) is 0.348. The quantitative estimate of drug-likeness (QED) is 0.726. The third-order valence-corrected chi connectivity index (χ3v) is 6.43. The second-order valence-corrected chi connectivity index (χ2v) is 8.27. The van der Waals surface area contributed by atoms with Crippen LogP contribution in [0.15, 0.2) is 42.2 Å². The summed E-state index contributed by atoms with van der Waals surface area (Å²) in [6.45, 7) is 1.62. The monoisotopic (exact) mass is 415 g/mol. The number of hydrogen-bond donors (Lipinski definition) is 2. The average Bonchev–Trinajstić information content (AvgIpc) is 2.95. The molecule has 2 N–H and O–H groups in total. The van der Waals surface area contributed by atoms with Crippen molar-refractivity contribution in [3.63, 3.8) is 0 Å². The summed E-state index contributed by atoms with van der Waals surface area (Å²) < 4.78 is 20.2. The van der Waals surface area contributed by atoms with Crippen molar-refractivity contribution in [1.29, 1.82) is 0 Å². The van der Waals surface area contributed by atoms with Crippen molar-refractivity contribution in [3.05, 3.63) is 64.1 Å². The van der Waals surface area contributed by atoms with Gasteiger partial charge in [0.1, 0.15) is 11.6 Å². The molecule has 4 rings (SSSR count). The Hall–Kier alpha value is -2.37. The van der Waals surface area contributed by atoms with Crippen LogP contribution in [-0.2, 0) is 9.53 Å². The summed E-state index contributed by atoms with van der Waals surface area (Å²) >= 11 is 5.96. The number of nitrogens with one attached hydrogen (secondary N) is 1. The summed E-state index contributed by atoms with van der Waals surface area (Å²) in [6, 6.07) is 10.3. The number of aliphatic hydroxyl groups is 1. The molecule has 1 heterocycles. The SMILES string of the molecule is COC1CCC2(CC1)NC(=O)C(c1cc(-c3ccc(Cl)cc3)cc(F)c1C)=C2O. The first kappa shape index (κ1) is 19.9. The third-order valence-electron chi connectivity index (χ3n) is 6.18. The number of carbonyl (C=O) groups excluding carboxylic acids is 1. The Balaban J connectivity index is 1.79. The minimum absolute atomic E-state index is 0.00723. The van der Waals surface area contributed by atoms with Crippen molar-refractivity contribution in [2.45, 2.75) is 44.2 Å². The van der Waals surface area contributed by atoms with Crippen LogP contribution in [-0.4, -0.2) is 29.8 Å². The summed E-state index contributed by atoms with van der Waals surface area (Å²) in [6.07, 6.45) is 2.79. The largest absolute Gasteiger partial charge is 0.509 e. The van der Waals surface area contributed by atoms with Gasteiger partial charge in [-0.15, -0.1) is 0 Å². The number of carbonyl (C=O) groups is 1. The smallest absolute Gasteiger partial charge is 0.256 e. The number of ether oxygens (including phenoxy) is 1. The minimum Gasteiger partial charge on any atom is -0.509 e. The van der Waals surface area contributed by atoms with Crippen molar-refractivity contribution in [2.75, 3.05) is 7.11 Å². The summed E-state index contributed by atoms with van der Waals surface area (Å²) in [5.74, 6) is -0.786. The molecule has 152 valence electrons. The first-order valence-corrected chi connectivity index (χ1v) is 10.1. The standard InChI is InChI=1S/C23H23ClFNO3/c1-13-18(11-15(12-19(13)25)14-3-5-16(24)6-4-14)20-21(27)23(26-22(20)28)9-7-17(29-2)8-10-23/h3-6,11-12,17,27H,7-10H2,1-2H3,(H,26,28). The molecule has 4 nitrogen and oxygen atoms in total. The zero-order valence-electron chi connectivity index (χ0n) is 16.4. The van der Waals surface area contributed by atoms with Crippen molar-refractivity contribution in [1.82, 2.24) is 5.32 Å². The second kappa shape index (κ2) is 7.47. The number of rotatable bonds is 3. The van der Waals surface area contributed by atoms with Crippen LogP contribution in [0.25, 0.3) is 16.7 Å². The molecule has 1 saturated carbocycles. The van der Waals surface area contributed by atoms with Crippen LogP contribution in [0, 0.1) is 12.7 Å². The first-order chi connectivity index (χ1) is 13.8. The highest BCUT2D eigenvalue weighted by molar-refractivity contribution is 6.30. The molecular formula is C23H23ClFNO3. The maximum Gasteiger partial charge on any atom is 0.256 e. The van der Waals surface area contributed by atoms with Gasteiger partial charge in [0.2, 0.25) is 0 Å². The normalized spacial score (nSPS) is 24.3. The van der Waals surface area contributed by atoms with Gasteiger partial charge in [0, 0.05) is 12.1 Å². The third kappa shape index (κ3) is 3.43. The van der Waals surface area contributed by atoms with Gasteiger partial charge in [-0.05, 0) is 79.1 Å². The van der Waals surface area contributed by atoms with Gasteiger partial charge in [-0.2, -0.15) is 0 Å². The van der Waals surface area contributed by atoms with Crippen molar-refractivity contribution < 1.29 is 19.0 Å². The van der Waals surface area contributed by atoms with E-state index in [0.29, 0.717) is 34.6 Å². The minimum atomic E-state index is -0.791. The Kier molecular flexibility index (Phi) is 5.13. The highest BCUT2D eigenvalue weighted by Gasteiger charge is 2.48. The van der Waals surface area contributed by atoms with Crippen molar-refractivity contribution in [3.8, 4) is 11.1 Å². The second-order valence-electron chi connectivity index (χ2n) is 7.83. The predicted molar refractivity (Wildman–Crippen MR) is 111 cm³/mol. The number of aliphatic hydroxyl groups excluding tert-OH is 1. The van der Waals surface area contributed by atoms with E-state index in [1.54, 1.807) is 44.4 Å². The van der Waals surface area contributed by atoms with Crippen LogP contribution >= 0.6 is 11.6 Å². The molecule has 1 aliphatic heterocycles. The Morgan fingerprint density at radius 2 is 1.83 bits per heavy atom. The molecule has 29 heavy (non-hydrogen) atoms. The molecule has 0 aromatic heterocycles. The molecule has 6 heteroatoms. The van der Waals surface area contributed by atoms with Crippen LogP contribution in [0.4, 0.5) is 4.39 Å². The van der Waals surface area contributed by atoms with E-state index in [9.17, 15) is 14.3 Å². The lowest BCUT2D eigenvalue weighted by molar-refractivity contribution is -0.116. The van der Waals surface area contributed by atoms with E-state index >= 15 is 0 Å². The van der Waals surface area contributed by atoms with Crippen molar-refractivity contribution >= 4 is 23.1 Å². The summed E-state index contributed by atoms with van der Waals surface area (Å²) in [5, 5.41) is 14.6. The highest BCUT2D eigenvalue weighted by Crippen LogP contribution is 2.43. The fourth-order valence-corrected chi connectivity index (χ4v) is 4.49. The molecule has 2 aromatic carbocycles. The Bertz CT molecular complexity index is 992. The van der Waals surface area contributed by atoms with E-state index < -0.39 is 11.4 Å².